The van der Waals surface area contributed by atoms with Crippen molar-refractivity contribution in [3.63, 3.8) is 0 Å². The third-order valence-electron chi connectivity index (χ3n) is 5.73. The number of carbonyl (C=O) groups excluding carboxylic acids is 1. The first-order chi connectivity index (χ1) is 14.5. The summed E-state index contributed by atoms with van der Waals surface area (Å²) in [6, 6.07) is 3.62. The molecule has 0 atom stereocenters. The van der Waals surface area contributed by atoms with Gasteiger partial charge in [0.25, 0.3) is 0 Å². The second-order valence-electron chi connectivity index (χ2n) is 7.57. The number of nitrogens with one attached hydrogen (secondary N) is 1. The number of H-pyrrole nitrogens is 1. The number of fused-ring (bicyclic) bond motifs is 1. The Morgan fingerprint density at radius 2 is 1.77 bits per heavy atom. The molecule has 1 saturated heterocycles. The van der Waals surface area contributed by atoms with E-state index in [-0.39, 0.29) is 5.78 Å². The summed E-state index contributed by atoms with van der Waals surface area (Å²) in [7, 11) is 4.68. The average Bonchev–Trinajstić information content (AvgIpc) is 3.21. The number of Topliss-reactive ketones (excluding diaryl/α,β-unsaturated/α-hetero) is 1. The van der Waals surface area contributed by atoms with E-state index in [1.807, 2.05) is 19.1 Å². The number of aromatic nitrogens is 3. The minimum Gasteiger partial charge on any atom is -0.493 e. The van der Waals surface area contributed by atoms with Gasteiger partial charge in [0.1, 0.15) is 5.52 Å². The minimum atomic E-state index is -0.461. The molecule has 0 radical (unpaired) electrons. The molecule has 1 aliphatic heterocycles. The average molecular weight is 411 g/mol. The molecule has 0 unspecified atom stereocenters. The zero-order valence-electron chi connectivity index (χ0n) is 17.6. The Kier molecular flexibility index (Phi) is 5.34. The molecule has 2 aromatic heterocycles. The highest BCUT2D eigenvalue weighted by atomic mass is 16.5. The molecule has 0 amide bonds. The topological polar surface area (TPSA) is 95.6 Å². The molecule has 0 aliphatic carbocycles. The molecule has 8 nitrogen and oxygen atoms in total. The quantitative estimate of drug-likeness (QED) is 0.619. The van der Waals surface area contributed by atoms with E-state index in [0.29, 0.717) is 65.7 Å². The van der Waals surface area contributed by atoms with Crippen molar-refractivity contribution in [1.82, 2.24) is 15.0 Å². The third-order valence-corrected chi connectivity index (χ3v) is 5.73. The number of benzene rings is 1. The number of ketones is 1. The lowest BCUT2D eigenvalue weighted by Gasteiger charge is -2.31. The fraction of sp³-hybridized carbons (Fsp3) is 0.409. The molecule has 1 N–H and O–H groups in total. The van der Waals surface area contributed by atoms with Crippen molar-refractivity contribution in [3.05, 3.63) is 30.1 Å². The van der Waals surface area contributed by atoms with E-state index in [2.05, 4.69) is 9.97 Å². The Labute approximate surface area is 174 Å². The summed E-state index contributed by atoms with van der Waals surface area (Å²) in [6.07, 6.45) is 4.74. The molecule has 0 saturated carbocycles. The van der Waals surface area contributed by atoms with Crippen molar-refractivity contribution in [2.45, 2.75) is 19.8 Å². The number of aromatic amines is 1. The van der Waals surface area contributed by atoms with E-state index >= 15 is 0 Å². The largest absolute Gasteiger partial charge is 0.493 e. The van der Waals surface area contributed by atoms with Gasteiger partial charge in [-0.3, -0.25) is 4.79 Å². The van der Waals surface area contributed by atoms with Crippen LogP contribution in [-0.2, 0) is 4.74 Å². The SMILES string of the molecule is COc1cc(-c2cnc3[nH]cc(C(=O)C4(C)CCOCC4)c3n2)cc(OC)c1OC. The van der Waals surface area contributed by atoms with Crippen molar-refractivity contribution in [3.8, 4) is 28.5 Å². The molecule has 3 aromatic rings. The van der Waals surface area contributed by atoms with Gasteiger partial charge >= 0.3 is 0 Å². The van der Waals surface area contributed by atoms with Crippen LogP contribution in [0.25, 0.3) is 22.4 Å². The monoisotopic (exact) mass is 411 g/mol. The van der Waals surface area contributed by atoms with Crippen LogP contribution >= 0.6 is 0 Å². The lowest BCUT2D eigenvalue weighted by Crippen LogP contribution is -2.34. The first-order valence-electron chi connectivity index (χ1n) is 9.78. The zero-order valence-corrected chi connectivity index (χ0v) is 17.6. The van der Waals surface area contributed by atoms with Gasteiger partial charge in [0, 0.05) is 30.4 Å². The van der Waals surface area contributed by atoms with E-state index in [0.717, 1.165) is 5.56 Å². The molecule has 0 spiro atoms. The van der Waals surface area contributed by atoms with Crippen molar-refractivity contribution in [2.75, 3.05) is 34.5 Å². The molecule has 8 heteroatoms. The zero-order chi connectivity index (χ0) is 21.3. The van der Waals surface area contributed by atoms with E-state index in [4.69, 9.17) is 23.9 Å². The molecule has 30 heavy (non-hydrogen) atoms. The Morgan fingerprint density at radius 3 is 2.37 bits per heavy atom. The molecular weight excluding hydrogens is 386 g/mol. The van der Waals surface area contributed by atoms with Crippen LogP contribution in [0.2, 0.25) is 0 Å². The van der Waals surface area contributed by atoms with Gasteiger partial charge < -0.3 is 23.9 Å². The molecule has 0 bridgehead atoms. The molecular formula is C22H25N3O5. The highest BCUT2D eigenvalue weighted by Crippen LogP contribution is 2.41. The van der Waals surface area contributed by atoms with Crippen LogP contribution in [0.1, 0.15) is 30.1 Å². The predicted octanol–water partition coefficient (Wildman–Crippen LogP) is 3.65. The normalized spacial score (nSPS) is 15.7. The van der Waals surface area contributed by atoms with Crippen molar-refractivity contribution < 1.29 is 23.7 Å². The smallest absolute Gasteiger partial charge is 0.203 e. The number of methoxy groups -OCH3 is 3. The number of carbonyl (C=O) groups is 1. The molecule has 3 heterocycles. The first-order valence-corrected chi connectivity index (χ1v) is 9.78. The van der Waals surface area contributed by atoms with Gasteiger partial charge in [-0.15, -0.1) is 0 Å². The fourth-order valence-corrected chi connectivity index (χ4v) is 3.81. The van der Waals surface area contributed by atoms with Crippen molar-refractivity contribution in [1.29, 1.82) is 0 Å². The predicted molar refractivity (Wildman–Crippen MR) is 111 cm³/mol. The van der Waals surface area contributed by atoms with Gasteiger partial charge in [-0.1, -0.05) is 6.92 Å². The van der Waals surface area contributed by atoms with Gasteiger partial charge in [-0.05, 0) is 25.0 Å². The summed E-state index contributed by atoms with van der Waals surface area (Å²) in [5.41, 5.74) is 2.57. The van der Waals surface area contributed by atoms with Gasteiger partial charge in [-0.25, -0.2) is 9.97 Å². The van der Waals surface area contributed by atoms with Crippen molar-refractivity contribution >= 4 is 16.9 Å². The Hall–Kier alpha value is -3.13. The maximum Gasteiger partial charge on any atom is 0.203 e. The van der Waals surface area contributed by atoms with E-state index < -0.39 is 5.41 Å². The van der Waals surface area contributed by atoms with E-state index in [1.165, 1.54) is 0 Å². The molecule has 1 aliphatic rings. The second-order valence-corrected chi connectivity index (χ2v) is 7.57. The van der Waals surface area contributed by atoms with Crippen molar-refractivity contribution in [2.24, 2.45) is 5.41 Å². The Bertz CT molecular complexity index is 1060. The lowest BCUT2D eigenvalue weighted by molar-refractivity contribution is 0.0236. The Balaban J connectivity index is 1.79. The van der Waals surface area contributed by atoms with Crippen LogP contribution in [0.4, 0.5) is 0 Å². The van der Waals surface area contributed by atoms with Gasteiger partial charge in [-0.2, -0.15) is 0 Å². The summed E-state index contributed by atoms with van der Waals surface area (Å²) < 4.78 is 21.7. The van der Waals surface area contributed by atoms with Gasteiger partial charge in [0.2, 0.25) is 5.75 Å². The number of hydrogen-bond donors (Lipinski definition) is 1. The third kappa shape index (κ3) is 3.37. The van der Waals surface area contributed by atoms with Crippen LogP contribution in [0.3, 0.4) is 0 Å². The van der Waals surface area contributed by atoms with Gasteiger partial charge in [0.15, 0.2) is 22.9 Å². The highest BCUT2D eigenvalue weighted by Gasteiger charge is 2.37. The van der Waals surface area contributed by atoms with Crippen LogP contribution in [-0.4, -0.2) is 55.3 Å². The Morgan fingerprint density at radius 1 is 1.10 bits per heavy atom. The van der Waals surface area contributed by atoms with E-state index in [9.17, 15) is 4.79 Å². The van der Waals surface area contributed by atoms with E-state index in [1.54, 1.807) is 33.7 Å². The van der Waals surface area contributed by atoms with Gasteiger partial charge in [0.05, 0.1) is 38.8 Å². The lowest BCUT2D eigenvalue weighted by atomic mass is 9.76. The summed E-state index contributed by atoms with van der Waals surface area (Å²) >= 11 is 0. The summed E-state index contributed by atoms with van der Waals surface area (Å²) in [4.78, 5) is 25.6. The molecule has 158 valence electrons. The number of hydrogen-bond acceptors (Lipinski definition) is 7. The maximum absolute atomic E-state index is 13.3. The standard InChI is InChI=1S/C22H25N3O5/c1-22(5-7-30-8-6-22)20(26)14-11-23-21-18(14)25-15(12-24-21)13-9-16(27-2)19(29-4)17(10-13)28-3/h9-12H,5-8H2,1-4H3,(H,23,24). The second kappa shape index (κ2) is 7.95. The molecule has 1 aromatic carbocycles. The van der Waals surface area contributed by atoms with Crippen LogP contribution in [0, 0.1) is 5.41 Å². The highest BCUT2D eigenvalue weighted by molar-refractivity contribution is 6.08. The van der Waals surface area contributed by atoms with Crippen LogP contribution in [0.15, 0.2) is 24.5 Å². The maximum atomic E-state index is 13.3. The van der Waals surface area contributed by atoms with Crippen LogP contribution in [0.5, 0.6) is 17.2 Å². The number of rotatable bonds is 6. The first kappa shape index (κ1) is 20.2. The van der Waals surface area contributed by atoms with Crippen LogP contribution < -0.4 is 14.2 Å². The fourth-order valence-electron chi connectivity index (χ4n) is 3.81. The number of ether oxygens (including phenoxy) is 4. The summed E-state index contributed by atoms with van der Waals surface area (Å²) in [5, 5.41) is 0. The summed E-state index contributed by atoms with van der Waals surface area (Å²) in [5.74, 6) is 1.61. The molecule has 1 fully saturated rings. The molecule has 4 rings (SSSR count). The summed E-state index contributed by atoms with van der Waals surface area (Å²) in [6.45, 7) is 3.17. The minimum absolute atomic E-state index is 0.0633. The number of nitrogens with zero attached hydrogens (tertiary/aromatic N) is 2.